The van der Waals surface area contributed by atoms with Gasteiger partial charge in [-0.2, -0.15) is 0 Å². The quantitative estimate of drug-likeness (QED) is 0.498. The number of carbonyl (C=O) groups excluding carboxylic acids is 1. The summed E-state index contributed by atoms with van der Waals surface area (Å²) in [5.41, 5.74) is -0.538. The Morgan fingerprint density at radius 3 is 2.72 bits per heavy atom. The van der Waals surface area contributed by atoms with Gasteiger partial charge in [-0.25, -0.2) is 27.6 Å². The van der Waals surface area contributed by atoms with Gasteiger partial charge in [0.1, 0.15) is 17.4 Å². The number of hydrogen-bond acceptors (Lipinski definition) is 9. The van der Waals surface area contributed by atoms with Crippen LogP contribution in [0.15, 0.2) is 56.9 Å². The summed E-state index contributed by atoms with van der Waals surface area (Å²) >= 11 is 6.03. The lowest BCUT2D eigenvalue weighted by Gasteiger charge is -2.35. The molecule has 1 aliphatic rings. The number of aromatic hydroxyl groups is 1. The molecule has 3 heterocycles. The average Bonchev–Trinajstić information content (AvgIpc) is 3.09. The molecule has 12 nitrogen and oxygen atoms in total. The van der Waals surface area contributed by atoms with Crippen molar-refractivity contribution in [1.29, 1.82) is 0 Å². The van der Waals surface area contributed by atoms with Crippen molar-refractivity contribution in [3.05, 3.63) is 58.4 Å². The number of hydrogen-bond donors (Lipinski definition) is 2. The SMILES string of the molecule is CC(C)(C)OC(=O)Nc1cnc2c(c1)N(S(=O)(=O)c1cccc(Cl)c1)CC(Cn1c(O)coc1=O)O2. The Bertz CT molecular complexity index is 1460. The highest BCUT2D eigenvalue weighted by molar-refractivity contribution is 7.92. The average molecular weight is 539 g/mol. The fourth-order valence-corrected chi connectivity index (χ4v) is 5.24. The molecular formula is C22H23ClN4O8S. The van der Waals surface area contributed by atoms with Gasteiger partial charge in [0.25, 0.3) is 10.0 Å². The van der Waals surface area contributed by atoms with Gasteiger partial charge >= 0.3 is 11.8 Å². The number of pyridine rings is 1. The van der Waals surface area contributed by atoms with Crippen LogP contribution in [-0.4, -0.2) is 47.4 Å². The van der Waals surface area contributed by atoms with E-state index in [-0.39, 0.29) is 40.3 Å². The summed E-state index contributed by atoms with van der Waals surface area (Å²) in [5, 5.41) is 12.6. The van der Waals surface area contributed by atoms with Crippen molar-refractivity contribution in [2.75, 3.05) is 16.2 Å². The lowest BCUT2D eigenvalue weighted by molar-refractivity contribution is 0.0635. The summed E-state index contributed by atoms with van der Waals surface area (Å²) in [6, 6.07) is 7.09. The zero-order chi connectivity index (χ0) is 26.3. The first-order valence-electron chi connectivity index (χ1n) is 10.7. The third-order valence-electron chi connectivity index (χ3n) is 4.93. The minimum Gasteiger partial charge on any atom is -0.492 e. The number of aromatic nitrogens is 2. The highest BCUT2D eigenvalue weighted by atomic mass is 35.5. The fraction of sp³-hybridized carbons (Fsp3) is 0.318. The monoisotopic (exact) mass is 538 g/mol. The van der Waals surface area contributed by atoms with E-state index >= 15 is 0 Å². The van der Waals surface area contributed by atoms with Gasteiger partial charge < -0.3 is 19.0 Å². The Labute approximate surface area is 211 Å². The lowest BCUT2D eigenvalue weighted by atomic mass is 10.2. The summed E-state index contributed by atoms with van der Waals surface area (Å²) in [6.45, 7) is 4.63. The lowest BCUT2D eigenvalue weighted by Crippen LogP contribution is -2.46. The molecule has 0 fully saturated rings. The van der Waals surface area contributed by atoms with Crippen molar-refractivity contribution >= 4 is 39.1 Å². The number of oxazole rings is 1. The largest absolute Gasteiger partial charge is 0.492 e. The molecule has 0 aliphatic carbocycles. The van der Waals surface area contributed by atoms with Gasteiger partial charge in [-0.15, -0.1) is 0 Å². The first-order chi connectivity index (χ1) is 16.8. The number of sulfonamides is 1. The number of fused-ring (bicyclic) bond motifs is 1. The predicted octanol–water partition coefficient (Wildman–Crippen LogP) is 3.20. The van der Waals surface area contributed by atoms with Crippen LogP contribution in [0.25, 0.3) is 0 Å². The smallest absolute Gasteiger partial charge is 0.421 e. The van der Waals surface area contributed by atoms with Gasteiger partial charge in [0.2, 0.25) is 11.8 Å². The zero-order valence-corrected chi connectivity index (χ0v) is 21.0. The normalized spacial score (nSPS) is 15.7. The van der Waals surface area contributed by atoms with E-state index in [1.807, 2.05) is 0 Å². The summed E-state index contributed by atoms with van der Waals surface area (Å²) in [5.74, 6) is -1.35. The topological polar surface area (TPSA) is 153 Å². The fourth-order valence-electron chi connectivity index (χ4n) is 3.45. The van der Waals surface area contributed by atoms with E-state index in [0.29, 0.717) is 0 Å². The van der Waals surface area contributed by atoms with Crippen molar-refractivity contribution in [2.24, 2.45) is 0 Å². The Morgan fingerprint density at radius 1 is 1.33 bits per heavy atom. The van der Waals surface area contributed by atoms with E-state index < -0.39 is 39.5 Å². The number of ether oxygens (including phenoxy) is 2. The molecule has 0 saturated carbocycles. The van der Waals surface area contributed by atoms with E-state index in [2.05, 4.69) is 14.7 Å². The molecular weight excluding hydrogens is 516 g/mol. The molecule has 1 atom stereocenters. The Balaban J connectivity index is 1.73. The molecule has 1 amide bonds. The van der Waals surface area contributed by atoms with Gasteiger partial charge in [0.05, 0.1) is 29.9 Å². The van der Waals surface area contributed by atoms with E-state index in [9.17, 15) is 23.1 Å². The second-order valence-corrected chi connectivity index (χ2v) is 11.2. The van der Waals surface area contributed by atoms with Gasteiger partial charge in [0.15, 0.2) is 6.26 Å². The van der Waals surface area contributed by atoms with Crippen molar-refractivity contribution in [3.8, 4) is 11.8 Å². The summed E-state index contributed by atoms with van der Waals surface area (Å²) in [6.07, 6.45) is 0.464. The van der Waals surface area contributed by atoms with Crippen LogP contribution >= 0.6 is 11.6 Å². The van der Waals surface area contributed by atoms with E-state index in [1.54, 1.807) is 20.8 Å². The van der Waals surface area contributed by atoms with Crippen molar-refractivity contribution < 1.29 is 32.2 Å². The van der Waals surface area contributed by atoms with Crippen LogP contribution in [0.5, 0.6) is 11.8 Å². The molecule has 0 spiro atoms. The molecule has 2 aromatic heterocycles. The minimum atomic E-state index is -4.19. The summed E-state index contributed by atoms with van der Waals surface area (Å²) < 4.78 is 45.0. The van der Waals surface area contributed by atoms with Gasteiger partial charge in [-0.05, 0) is 45.0 Å². The van der Waals surface area contributed by atoms with Crippen LogP contribution < -0.4 is 20.1 Å². The number of nitrogens with zero attached hydrogens (tertiary/aromatic N) is 3. The second-order valence-electron chi connectivity index (χ2n) is 8.88. The number of halogens is 1. The van der Waals surface area contributed by atoms with E-state index in [0.717, 1.165) is 15.1 Å². The van der Waals surface area contributed by atoms with Crippen LogP contribution in [0, 0.1) is 0 Å². The number of rotatable bonds is 5. The van der Waals surface area contributed by atoms with Crippen molar-refractivity contribution in [2.45, 2.75) is 43.9 Å². The first-order valence-corrected chi connectivity index (χ1v) is 12.5. The number of nitrogens with one attached hydrogen (secondary N) is 1. The predicted molar refractivity (Wildman–Crippen MR) is 129 cm³/mol. The molecule has 36 heavy (non-hydrogen) atoms. The van der Waals surface area contributed by atoms with Gasteiger partial charge in [-0.1, -0.05) is 17.7 Å². The number of anilines is 2. The third-order valence-corrected chi connectivity index (χ3v) is 6.94. The molecule has 1 unspecified atom stereocenters. The Hall–Kier alpha value is -3.71. The second kappa shape index (κ2) is 9.39. The molecule has 0 saturated heterocycles. The molecule has 14 heteroatoms. The van der Waals surface area contributed by atoms with Crippen LogP contribution in [0.2, 0.25) is 5.02 Å². The van der Waals surface area contributed by atoms with Gasteiger partial charge in [-0.3, -0.25) is 9.62 Å². The van der Waals surface area contributed by atoms with Crippen molar-refractivity contribution in [1.82, 2.24) is 9.55 Å². The van der Waals surface area contributed by atoms with E-state index in [1.165, 1.54) is 36.5 Å². The molecule has 3 aromatic rings. The van der Waals surface area contributed by atoms with E-state index in [4.69, 9.17) is 21.1 Å². The maximum Gasteiger partial charge on any atom is 0.421 e. The number of carbonyl (C=O) groups is 1. The molecule has 1 aliphatic heterocycles. The third kappa shape index (κ3) is 5.41. The van der Waals surface area contributed by atoms with Gasteiger partial charge in [0, 0.05) is 5.02 Å². The summed E-state index contributed by atoms with van der Waals surface area (Å²) in [4.78, 5) is 28.2. The Kier molecular flexibility index (Phi) is 6.62. The highest BCUT2D eigenvalue weighted by Crippen LogP contribution is 2.38. The standard InChI is InChI=1S/C22H23ClN4O8S/c1-22(2,3)35-20(29)25-14-8-17-19(24-9-14)34-15(10-26-18(28)12-33-21(26)30)11-27(17)36(31,32)16-6-4-5-13(23)7-16/h4-9,12,15,28H,10-11H2,1-3H3,(H,25,29). The van der Waals surface area contributed by atoms with Crippen LogP contribution in [0.1, 0.15) is 20.8 Å². The highest BCUT2D eigenvalue weighted by Gasteiger charge is 2.36. The molecule has 4 rings (SSSR count). The molecule has 0 radical (unpaired) electrons. The van der Waals surface area contributed by atoms with Crippen LogP contribution in [0.4, 0.5) is 16.2 Å². The van der Waals surface area contributed by atoms with Crippen molar-refractivity contribution in [3.63, 3.8) is 0 Å². The maximum absolute atomic E-state index is 13.6. The Morgan fingerprint density at radius 2 is 2.08 bits per heavy atom. The number of amides is 1. The molecule has 192 valence electrons. The minimum absolute atomic E-state index is 0.0450. The number of benzene rings is 1. The summed E-state index contributed by atoms with van der Waals surface area (Å²) in [7, 11) is -4.19. The maximum atomic E-state index is 13.6. The van der Waals surface area contributed by atoms with Crippen LogP contribution in [-0.2, 0) is 21.3 Å². The molecule has 2 N–H and O–H groups in total. The first kappa shape index (κ1) is 25.4. The molecule has 1 aromatic carbocycles. The molecule has 0 bridgehead atoms. The zero-order valence-electron chi connectivity index (χ0n) is 19.5. The van der Waals surface area contributed by atoms with Crippen LogP contribution in [0.3, 0.4) is 0 Å².